The predicted octanol–water partition coefficient (Wildman–Crippen LogP) is 3.92. The number of halogens is 1. The summed E-state index contributed by atoms with van der Waals surface area (Å²) in [5.41, 5.74) is 0. The van der Waals surface area contributed by atoms with Crippen LogP contribution in [-0.4, -0.2) is 6.10 Å². The fraction of sp³-hybridized carbons (Fsp3) is 0.455. The van der Waals surface area contributed by atoms with Crippen molar-refractivity contribution in [1.29, 1.82) is 0 Å². The molecule has 1 fully saturated rings. The van der Waals surface area contributed by atoms with Gasteiger partial charge >= 0.3 is 0 Å². The van der Waals surface area contributed by atoms with Gasteiger partial charge in [-0.05, 0) is 38.3 Å². The molecule has 1 saturated carbocycles. The molecule has 0 aromatic heterocycles. The highest BCUT2D eigenvalue weighted by Crippen LogP contribution is 2.24. The van der Waals surface area contributed by atoms with Gasteiger partial charge < -0.3 is 4.74 Å². The van der Waals surface area contributed by atoms with E-state index in [0.717, 1.165) is 10.2 Å². The van der Waals surface area contributed by atoms with Crippen LogP contribution in [0.2, 0.25) is 0 Å². The van der Waals surface area contributed by atoms with Crippen LogP contribution in [0.4, 0.5) is 0 Å². The summed E-state index contributed by atoms with van der Waals surface area (Å²) < 4.78 is 6.60. The minimum Gasteiger partial charge on any atom is -0.491 e. The molecule has 0 heterocycles. The third-order valence-corrected chi connectivity index (χ3v) is 2.80. The molecular weight excluding hydrogens is 228 g/mol. The van der Waals surface area contributed by atoms with Gasteiger partial charge in [0.05, 0.1) is 6.10 Å². The van der Waals surface area contributed by atoms with Gasteiger partial charge in [0.2, 0.25) is 0 Å². The van der Waals surface area contributed by atoms with Gasteiger partial charge in [-0.15, -0.1) is 0 Å². The lowest BCUT2D eigenvalue weighted by atomic mass is 9.96. The lowest BCUT2D eigenvalue weighted by Gasteiger charge is -2.26. The highest BCUT2D eigenvalue weighted by atomic mass is 79.9. The molecule has 1 aliphatic rings. The third-order valence-electron chi connectivity index (χ3n) is 2.07. The maximum Gasteiger partial charge on any atom is 0.112 e. The first-order valence-corrected chi connectivity index (χ1v) is 5.37. The van der Waals surface area contributed by atoms with Crippen LogP contribution in [0, 0.1) is 0 Å². The van der Waals surface area contributed by atoms with Crippen LogP contribution in [0.1, 0.15) is 26.2 Å². The molecule has 72 valence electrons. The zero-order valence-corrected chi connectivity index (χ0v) is 9.51. The average molecular weight is 243 g/mol. The highest BCUT2D eigenvalue weighted by molar-refractivity contribution is 9.11. The number of hydrogen-bond donors (Lipinski definition) is 0. The Bertz CT molecular complexity index is 236. The van der Waals surface area contributed by atoms with Crippen LogP contribution >= 0.6 is 15.9 Å². The van der Waals surface area contributed by atoms with E-state index in [4.69, 9.17) is 4.74 Å². The number of allylic oxidation sites excluding steroid dienone is 4. The minimum absolute atomic E-state index is 0.418. The molecule has 1 rings (SSSR count). The van der Waals surface area contributed by atoms with Crippen molar-refractivity contribution < 1.29 is 4.74 Å². The zero-order valence-electron chi connectivity index (χ0n) is 7.92. The van der Waals surface area contributed by atoms with Crippen LogP contribution in [0.3, 0.4) is 0 Å². The van der Waals surface area contributed by atoms with Crippen molar-refractivity contribution in [2.24, 2.45) is 0 Å². The lowest BCUT2D eigenvalue weighted by molar-refractivity contribution is 0.0599. The summed E-state index contributed by atoms with van der Waals surface area (Å²) in [7, 11) is 0. The topological polar surface area (TPSA) is 9.23 Å². The van der Waals surface area contributed by atoms with E-state index in [1.54, 1.807) is 0 Å². The standard InChI is InChI=1S/C11H15BrO/c1-3-10(12)8-7-9(2)13-11-5-4-6-11/h3,7-8,11H,2,4-6H2,1H3/b8-7-,10-3+. The predicted molar refractivity (Wildman–Crippen MR) is 59.7 cm³/mol. The Balaban J connectivity index is 2.27. The first-order valence-electron chi connectivity index (χ1n) is 4.58. The van der Waals surface area contributed by atoms with E-state index in [0.29, 0.717) is 6.10 Å². The van der Waals surface area contributed by atoms with Gasteiger partial charge in [0.1, 0.15) is 5.76 Å². The first kappa shape index (κ1) is 10.6. The van der Waals surface area contributed by atoms with Crippen LogP contribution < -0.4 is 0 Å². The van der Waals surface area contributed by atoms with E-state index in [-0.39, 0.29) is 0 Å². The highest BCUT2D eigenvalue weighted by Gasteiger charge is 2.18. The zero-order chi connectivity index (χ0) is 9.68. The van der Waals surface area contributed by atoms with E-state index in [1.165, 1.54) is 19.3 Å². The molecule has 0 bridgehead atoms. The van der Waals surface area contributed by atoms with Crippen molar-refractivity contribution in [2.45, 2.75) is 32.3 Å². The second-order valence-electron chi connectivity index (χ2n) is 3.14. The number of ether oxygens (including phenoxy) is 1. The van der Waals surface area contributed by atoms with E-state index in [2.05, 4.69) is 22.5 Å². The molecule has 1 nitrogen and oxygen atoms in total. The maximum absolute atomic E-state index is 5.55. The second kappa shape index (κ2) is 5.28. The van der Waals surface area contributed by atoms with Gasteiger partial charge in [-0.3, -0.25) is 0 Å². The molecular formula is C11H15BrO. The SMILES string of the molecule is C=C(/C=C\C(Br)=C/C)OC1CCC1. The minimum atomic E-state index is 0.418. The summed E-state index contributed by atoms with van der Waals surface area (Å²) in [5.74, 6) is 0.753. The first-order chi connectivity index (χ1) is 6.22. The van der Waals surface area contributed by atoms with Gasteiger partial charge in [-0.2, -0.15) is 0 Å². The van der Waals surface area contributed by atoms with Crippen molar-refractivity contribution >= 4 is 15.9 Å². The number of hydrogen-bond acceptors (Lipinski definition) is 1. The van der Waals surface area contributed by atoms with Crippen molar-refractivity contribution in [3.05, 3.63) is 35.0 Å². The molecule has 0 aromatic carbocycles. The lowest BCUT2D eigenvalue weighted by Crippen LogP contribution is -2.20. The molecule has 0 radical (unpaired) electrons. The fourth-order valence-electron chi connectivity index (χ4n) is 1.01. The van der Waals surface area contributed by atoms with Crippen molar-refractivity contribution in [3.63, 3.8) is 0 Å². The molecule has 0 saturated heterocycles. The molecule has 0 spiro atoms. The Morgan fingerprint density at radius 1 is 1.46 bits per heavy atom. The van der Waals surface area contributed by atoms with Gasteiger partial charge in [-0.1, -0.05) is 28.6 Å². The summed E-state index contributed by atoms with van der Waals surface area (Å²) in [6.07, 6.45) is 9.88. The van der Waals surface area contributed by atoms with Crippen LogP contribution in [0.25, 0.3) is 0 Å². The summed E-state index contributed by atoms with van der Waals surface area (Å²) in [5, 5.41) is 0. The molecule has 0 N–H and O–H groups in total. The second-order valence-corrected chi connectivity index (χ2v) is 4.06. The molecule has 0 amide bonds. The molecule has 13 heavy (non-hydrogen) atoms. The van der Waals surface area contributed by atoms with E-state index >= 15 is 0 Å². The van der Waals surface area contributed by atoms with E-state index < -0.39 is 0 Å². The molecule has 0 atom stereocenters. The van der Waals surface area contributed by atoms with Crippen molar-refractivity contribution in [2.75, 3.05) is 0 Å². The largest absolute Gasteiger partial charge is 0.491 e. The van der Waals surface area contributed by atoms with Crippen LogP contribution in [-0.2, 0) is 4.74 Å². The van der Waals surface area contributed by atoms with Crippen molar-refractivity contribution in [1.82, 2.24) is 0 Å². The number of rotatable bonds is 4. The van der Waals surface area contributed by atoms with Gasteiger partial charge in [0.15, 0.2) is 0 Å². The van der Waals surface area contributed by atoms with Gasteiger partial charge in [0.25, 0.3) is 0 Å². The summed E-state index contributed by atoms with van der Waals surface area (Å²) in [4.78, 5) is 0. The fourth-order valence-corrected chi connectivity index (χ4v) is 1.14. The Hall–Kier alpha value is -0.500. The summed E-state index contributed by atoms with van der Waals surface area (Å²) >= 11 is 3.38. The maximum atomic E-state index is 5.55. The third kappa shape index (κ3) is 3.81. The van der Waals surface area contributed by atoms with Crippen LogP contribution in [0.15, 0.2) is 35.0 Å². The smallest absolute Gasteiger partial charge is 0.112 e. The molecule has 0 unspecified atom stereocenters. The Morgan fingerprint density at radius 3 is 2.62 bits per heavy atom. The van der Waals surface area contributed by atoms with Gasteiger partial charge in [0, 0.05) is 4.48 Å². The monoisotopic (exact) mass is 242 g/mol. The normalized spacial score (nSPS) is 18.8. The summed E-state index contributed by atoms with van der Waals surface area (Å²) in [6, 6.07) is 0. The molecule has 0 aliphatic heterocycles. The van der Waals surface area contributed by atoms with Gasteiger partial charge in [-0.25, -0.2) is 0 Å². The van der Waals surface area contributed by atoms with Crippen LogP contribution in [0.5, 0.6) is 0 Å². The molecule has 2 heteroatoms. The Kier molecular flexibility index (Phi) is 4.29. The quantitative estimate of drug-likeness (QED) is 0.537. The Morgan fingerprint density at radius 2 is 2.15 bits per heavy atom. The van der Waals surface area contributed by atoms with Crippen molar-refractivity contribution in [3.8, 4) is 0 Å². The molecule has 1 aliphatic carbocycles. The summed E-state index contributed by atoms with van der Waals surface area (Å²) in [6.45, 7) is 5.80. The van der Waals surface area contributed by atoms with E-state index in [9.17, 15) is 0 Å². The molecule has 0 aromatic rings. The van der Waals surface area contributed by atoms with E-state index in [1.807, 2.05) is 25.2 Å². The Labute approximate surface area is 88.3 Å². The average Bonchev–Trinajstić information content (AvgIpc) is 2.07.